The molecule has 3 amide bonds. The van der Waals surface area contributed by atoms with Crippen LogP contribution in [-0.2, 0) is 19.2 Å². The van der Waals surface area contributed by atoms with Gasteiger partial charge in [0.05, 0.1) is 13.2 Å². The molecule has 0 bridgehead atoms. The zero-order valence-electron chi connectivity index (χ0n) is 14.3. The number of aliphatic hydroxyl groups is 1. The van der Waals surface area contributed by atoms with E-state index in [9.17, 15) is 19.2 Å². The lowest BCUT2D eigenvalue weighted by Crippen LogP contribution is -2.54. The van der Waals surface area contributed by atoms with E-state index in [1.807, 2.05) is 0 Å². The molecule has 3 atom stereocenters. The van der Waals surface area contributed by atoms with Crippen LogP contribution in [0.4, 0.5) is 0 Å². The molecule has 0 saturated carbocycles. The molecule has 0 aliphatic carbocycles. The van der Waals surface area contributed by atoms with Crippen LogP contribution in [0, 0.1) is 0 Å². The van der Waals surface area contributed by atoms with Crippen LogP contribution < -0.4 is 27.4 Å². The topological polar surface area (TPSA) is 197 Å². The summed E-state index contributed by atoms with van der Waals surface area (Å²) in [4.78, 5) is 46.5. The molecule has 0 radical (unpaired) electrons. The highest BCUT2D eigenvalue weighted by Crippen LogP contribution is 2.01. The number of unbranched alkanes of at least 4 members (excludes halogenated alkanes) is 1. The van der Waals surface area contributed by atoms with Gasteiger partial charge in [-0.1, -0.05) is 0 Å². The van der Waals surface area contributed by atoms with Crippen molar-refractivity contribution in [1.82, 2.24) is 16.0 Å². The van der Waals surface area contributed by atoms with Crippen molar-refractivity contribution >= 4 is 36.3 Å². The minimum absolute atomic E-state index is 0.105. The molecule has 0 saturated heterocycles. The van der Waals surface area contributed by atoms with Crippen LogP contribution in [-0.4, -0.2) is 77.5 Å². The number of amides is 3. The molecule has 150 valence electrons. The van der Waals surface area contributed by atoms with Gasteiger partial charge in [-0.3, -0.25) is 14.4 Å². The van der Waals surface area contributed by atoms with E-state index in [4.69, 9.17) is 21.7 Å². The van der Waals surface area contributed by atoms with Crippen molar-refractivity contribution in [2.45, 2.75) is 37.4 Å². The zero-order chi connectivity index (χ0) is 20.1. The Morgan fingerprint density at radius 3 is 2.19 bits per heavy atom. The standard InChI is InChI=1S/C14H27N5O6S/c15-4-2-1-3-9(19-12(22)8(16)6-20)13(23)17-5-11(21)18-10(7-26)14(24)25/h8-10,20,26H,1-7,15-16H2,(H,17,23)(H,18,21)(H,19,22)(H,24,25). The molecule has 0 fully saturated rings. The van der Waals surface area contributed by atoms with Crippen molar-refractivity contribution in [3.63, 3.8) is 0 Å². The molecule has 26 heavy (non-hydrogen) atoms. The first-order valence-electron chi connectivity index (χ1n) is 8.04. The fourth-order valence-electron chi connectivity index (χ4n) is 1.84. The zero-order valence-corrected chi connectivity index (χ0v) is 15.2. The average molecular weight is 393 g/mol. The van der Waals surface area contributed by atoms with Gasteiger partial charge < -0.3 is 37.6 Å². The highest BCUT2D eigenvalue weighted by molar-refractivity contribution is 7.80. The van der Waals surface area contributed by atoms with Crippen LogP contribution in [0.15, 0.2) is 0 Å². The Morgan fingerprint density at radius 1 is 1.04 bits per heavy atom. The molecule has 0 aliphatic rings. The quantitative estimate of drug-likeness (QED) is 0.117. The molecular formula is C14H27N5O6S. The third-order valence-electron chi connectivity index (χ3n) is 3.35. The molecular weight excluding hydrogens is 366 g/mol. The first-order valence-corrected chi connectivity index (χ1v) is 8.67. The molecule has 0 spiro atoms. The molecule has 0 rings (SSSR count). The lowest BCUT2D eigenvalue weighted by atomic mass is 10.1. The number of aliphatic hydroxyl groups excluding tert-OH is 1. The van der Waals surface area contributed by atoms with Gasteiger partial charge in [-0.05, 0) is 25.8 Å². The Kier molecular flexibility index (Phi) is 12.4. The van der Waals surface area contributed by atoms with Gasteiger partial charge in [-0.25, -0.2) is 4.79 Å². The number of rotatable bonds is 13. The maximum atomic E-state index is 12.2. The van der Waals surface area contributed by atoms with Crippen LogP contribution >= 0.6 is 12.6 Å². The number of carboxylic acid groups (broad SMARTS) is 1. The summed E-state index contributed by atoms with van der Waals surface area (Å²) in [5.41, 5.74) is 10.8. The van der Waals surface area contributed by atoms with Crippen molar-refractivity contribution in [3.8, 4) is 0 Å². The molecule has 12 heteroatoms. The molecule has 0 aromatic heterocycles. The monoisotopic (exact) mass is 393 g/mol. The molecule has 0 aromatic carbocycles. The molecule has 11 nitrogen and oxygen atoms in total. The van der Waals surface area contributed by atoms with Gasteiger partial charge in [0.15, 0.2) is 0 Å². The average Bonchev–Trinajstić information content (AvgIpc) is 2.62. The van der Waals surface area contributed by atoms with Crippen molar-refractivity contribution < 1.29 is 29.4 Å². The first kappa shape index (κ1) is 24.1. The maximum Gasteiger partial charge on any atom is 0.327 e. The van der Waals surface area contributed by atoms with Gasteiger partial charge in [-0.15, -0.1) is 0 Å². The van der Waals surface area contributed by atoms with Crippen LogP contribution in [0.5, 0.6) is 0 Å². The number of carbonyl (C=O) groups is 4. The van der Waals surface area contributed by atoms with Crippen molar-refractivity contribution in [2.75, 3.05) is 25.4 Å². The Morgan fingerprint density at radius 2 is 1.69 bits per heavy atom. The fourth-order valence-corrected chi connectivity index (χ4v) is 2.09. The van der Waals surface area contributed by atoms with Crippen LogP contribution in [0.3, 0.4) is 0 Å². The minimum atomic E-state index is -1.25. The van der Waals surface area contributed by atoms with E-state index in [1.165, 1.54) is 0 Å². The third-order valence-corrected chi connectivity index (χ3v) is 3.72. The number of thiol groups is 1. The highest BCUT2D eigenvalue weighted by atomic mass is 32.1. The Labute approximate surface area is 156 Å². The Balaban J connectivity index is 4.67. The summed E-state index contributed by atoms with van der Waals surface area (Å²) < 4.78 is 0. The first-order chi connectivity index (χ1) is 12.3. The number of hydrogen-bond acceptors (Lipinski definition) is 8. The number of nitrogens with two attached hydrogens (primary N) is 2. The summed E-state index contributed by atoms with van der Waals surface area (Å²) in [5.74, 6) is -3.39. The smallest absolute Gasteiger partial charge is 0.327 e. The third kappa shape index (κ3) is 9.56. The molecule has 3 unspecified atom stereocenters. The molecule has 9 N–H and O–H groups in total. The summed E-state index contributed by atoms with van der Waals surface area (Å²) >= 11 is 3.81. The normalized spacial score (nSPS) is 14.0. The number of carbonyl (C=O) groups excluding carboxylic acids is 3. The van der Waals surface area contributed by atoms with E-state index in [1.54, 1.807) is 0 Å². The highest BCUT2D eigenvalue weighted by Gasteiger charge is 2.24. The maximum absolute atomic E-state index is 12.2. The van der Waals surface area contributed by atoms with E-state index in [-0.39, 0.29) is 12.2 Å². The molecule has 0 aromatic rings. The largest absolute Gasteiger partial charge is 0.480 e. The SMILES string of the molecule is NCCCCC(NC(=O)C(N)CO)C(=O)NCC(=O)NC(CS)C(=O)O. The van der Waals surface area contributed by atoms with Crippen LogP contribution in [0.25, 0.3) is 0 Å². The van der Waals surface area contributed by atoms with E-state index in [0.29, 0.717) is 19.4 Å². The second kappa shape index (κ2) is 13.3. The second-order valence-corrected chi connectivity index (χ2v) is 5.86. The fraction of sp³-hybridized carbons (Fsp3) is 0.714. The van der Waals surface area contributed by atoms with Gasteiger partial charge >= 0.3 is 5.97 Å². The predicted octanol–water partition coefficient (Wildman–Crippen LogP) is -3.46. The van der Waals surface area contributed by atoms with Crippen LogP contribution in [0.1, 0.15) is 19.3 Å². The van der Waals surface area contributed by atoms with E-state index in [2.05, 4.69) is 28.6 Å². The lowest BCUT2D eigenvalue weighted by molar-refractivity contribution is -0.141. The van der Waals surface area contributed by atoms with E-state index < -0.39 is 55.0 Å². The number of nitrogens with one attached hydrogen (secondary N) is 3. The van der Waals surface area contributed by atoms with Gasteiger partial charge in [0.2, 0.25) is 17.7 Å². The Hall–Kier alpha value is -1.89. The van der Waals surface area contributed by atoms with E-state index in [0.717, 1.165) is 0 Å². The number of hydrogen-bond donors (Lipinski definition) is 8. The minimum Gasteiger partial charge on any atom is -0.480 e. The summed E-state index contributed by atoms with van der Waals surface area (Å²) in [6.45, 7) is -0.626. The molecule has 0 heterocycles. The van der Waals surface area contributed by atoms with Crippen LogP contribution in [0.2, 0.25) is 0 Å². The van der Waals surface area contributed by atoms with Gasteiger partial charge in [0.1, 0.15) is 18.1 Å². The summed E-state index contributed by atoms with van der Waals surface area (Å²) in [6.07, 6.45) is 1.45. The van der Waals surface area contributed by atoms with Crippen molar-refractivity contribution in [1.29, 1.82) is 0 Å². The summed E-state index contributed by atoms with van der Waals surface area (Å²) in [5, 5.41) is 24.7. The van der Waals surface area contributed by atoms with Crippen molar-refractivity contribution in [3.05, 3.63) is 0 Å². The summed E-state index contributed by atoms with van der Waals surface area (Å²) in [7, 11) is 0. The van der Waals surface area contributed by atoms with E-state index >= 15 is 0 Å². The number of carboxylic acids is 1. The Bertz CT molecular complexity index is 492. The van der Waals surface area contributed by atoms with Gasteiger partial charge in [0, 0.05) is 5.75 Å². The van der Waals surface area contributed by atoms with Crippen molar-refractivity contribution in [2.24, 2.45) is 11.5 Å². The lowest BCUT2D eigenvalue weighted by Gasteiger charge is -2.20. The van der Waals surface area contributed by atoms with Gasteiger partial charge in [-0.2, -0.15) is 12.6 Å². The summed E-state index contributed by atoms with van der Waals surface area (Å²) in [6, 6.07) is -3.31. The second-order valence-electron chi connectivity index (χ2n) is 5.49. The van der Waals surface area contributed by atoms with Gasteiger partial charge in [0.25, 0.3) is 0 Å². The number of aliphatic carboxylic acids is 1. The predicted molar refractivity (Wildman–Crippen MR) is 96.3 cm³/mol. The molecule has 0 aliphatic heterocycles.